The van der Waals surface area contributed by atoms with E-state index in [9.17, 15) is 0 Å². The first-order valence-corrected chi connectivity index (χ1v) is 14.3. The molecule has 1 nitrogen and oxygen atoms in total. The summed E-state index contributed by atoms with van der Waals surface area (Å²) in [5, 5.41) is 3.07. The first-order chi connectivity index (χ1) is 14.6. The normalized spacial score (nSPS) is 10.3. The van der Waals surface area contributed by atoms with E-state index >= 15 is 0 Å². The molecule has 0 aromatic heterocycles. The highest BCUT2D eigenvalue weighted by Gasteiger charge is 2.05. The highest BCUT2D eigenvalue weighted by Crippen LogP contribution is 2.22. The van der Waals surface area contributed by atoms with E-state index in [-0.39, 0.29) is 0 Å². The lowest BCUT2D eigenvalue weighted by Gasteiger charge is -2.15. The molecule has 0 atom stereocenters. The van der Waals surface area contributed by atoms with Gasteiger partial charge in [0.15, 0.2) is 0 Å². The lowest BCUT2D eigenvalue weighted by atomic mass is 9.91. The van der Waals surface area contributed by atoms with Crippen molar-refractivity contribution < 1.29 is 0 Å². The first-order valence-electron chi connectivity index (χ1n) is 14.3. The SMILES string of the molecule is CC.CC.CC.CC.CC.CC1CCCCC1.CCC.CCCC.CCCCNC. The lowest BCUT2D eigenvalue weighted by Crippen LogP contribution is -2.06. The molecule has 1 N–H and O–H groups in total. The van der Waals surface area contributed by atoms with Gasteiger partial charge >= 0.3 is 0 Å². The fourth-order valence-electron chi connectivity index (χ4n) is 1.66. The summed E-state index contributed by atoms with van der Waals surface area (Å²) in [4.78, 5) is 0. The van der Waals surface area contributed by atoms with Crippen molar-refractivity contribution in [2.75, 3.05) is 13.6 Å². The molecule has 1 heteroatoms. The van der Waals surface area contributed by atoms with E-state index in [1.807, 2.05) is 76.3 Å². The Balaban J connectivity index is -0.0000000323. The molecule has 0 heterocycles. The van der Waals surface area contributed by atoms with Crippen LogP contribution in [-0.4, -0.2) is 13.6 Å². The summed E-state index contributed by atoms with van der Waals surface area (Å²) in [6.45, 7) is 34.3. The van der Waals surface area contributed by atoms with Gasteiger partial charge in [-0.25, -0.2) is 0 Å². The monoisotopic (exact) mass is 438 g/mol. The van der Waals surface area contributed by atoms with Crippen LogP contribution in [0, 0.1) is 5.92 Å². The molecule has 1 aliphatic rings. The van der Waals surface area contributed by atoms with Crippen LogP contribution in [0.15, 0.2) is 0 Å². The maximum absolute atomic E-state index is 3.07. The summed E-state index contributed by atoms with van der Waals surface area (Å²) in [5.74, 6) is 1.04. The molecule has 0 amide bonds. The molecular formula is C29H75N. The van der Waals surface area contributed by atoms with Gasteiger partial charge in [-0.15, -0.1) is 0 Å². The smallest absolute Gasteiger partial charge is 0.00520 e. The molecule has 1 rings (SSSR count). The average molecular weight is 438 g/mol. The van der Waals surface area contributed by atoms with Gasteiger partial charge in [-0.05, 0) is 25.9 Å². The molecule has 0 radical (unpaired) electrons. The van der Waals surface area contributed by atoms with Crippen LogP contribution in [0.5, 0.6) is 0 Å². The molecule has 196 valence electrons. The summed E-state index contributed by atoms with van der Waals surface area (Å²) < 4.78 is 0. The molecular weight excluding hydrogens is 362 g/mol. The maximum atomic E-state index is 3.07. The zero-order chi connectivity index (χ0) is 26.1. The van der Waals surface area contributed by atoms with Crippen LogP contribution in [-0.2, 0) is 0 Å². The van der Waals surface area contributed by atoms with Gasteiger partial charge < -0.3 is 5.32 Å². The third-order valence-electron chi connectivity index (χ3n) is 3.17. The Morgan fingerprint density at radius 3 is 0.967 bits per heavy atom. The van der Waals surface area contributed by atoms with E-state index in [0.717, 1.165) is 12.5 Å². The molecule has 0 unspecified atom stereocenters. The van der Waals surface area contributed by atoms with Crippen molar-refractivity contribution in [3.05, 3.63) is 0 Å². The summed E-state index contributed by atoms with van der Waals surface area (Å²) in [7, 11) is 1.98. The minimum atomic E-state index is 1.04. The van der Waals surface area contributed by atoms with Crippen LogP contribution in [0.25, 0.3) is 0 Å². The number of rotatable bonds is 4. The van der Waals surface area contributed by atoms with Crippen LogP contribution < -0.4 is 5.32 Å². The third kappa shape index (κ3) is 142. The molecule has 0 aliphatic heterocycles. The van der Waals surface area contributed by atoms with Crippen molar-refractivity contribution in [1.82, 2.24) is 5.32 Å². The van der Waals surface area contributed by atoms with E-state index in [0.29, 0.717) is 0 Å². The molecule has 0 aromatic carbocycles. The van der Waals surface area contributed by atoms with E-state index < -0.39 is 0 Å². The van der Waals surface area contributed by atoms with Gasteiger partial charge in [-0.1, -0.05) is 169 Å². The number of hydrogen-bond acceptors (Lipinski definition) is 1. The van der Waals surface area contributed by atoms with Crippen molar-refractivity contribution in [2.45, 2.75) is 175 Å². The first kappa shape index (κ1) is 52.1. The quantitative estimate of drug-likeness (QED) is 0.431. The maximum Gasteiger partial charge on any atom is -0.00520 e. The Kier molecular flexibility index (Phi) is 176. The van der Waals surface area contributed by atoms with Crippen molar-refractivity contribution >= 4 is 0 Å². The van der Waals surface area contributed by atoms with Gasteiger partial charge in [0.2, 0.25) is 0 Å². The van der Waals surface area contributed by atoms with Crippen molar-refractivity contribution in [3.8, 4) is 0 Å². The number of nitrogens with one attached hydrogen (secondary N) is 1. The highest BCUT2D eigenvalue weighted by atomic mass is 14.8. The van der Waals surface area contributed by atoms with Crippen molar-refractivity contribution in [3.63, 3.8) is 0 Å². The summed E-state index contributed by atoms with van der Waals surface area (Å²) in [6, 6.07) is 0. The Morgan fingerprint density at radius 2 is 0.867 bits per heavy atom. The van der Waals surface area contributed by atoms with Crippen molar-refractivity contribution in [2.24, 2.45) is 5.92 Å². The highest BCUT2D eigenvalue weighted by molar-refractivity contribution is 4.59. The summed E-state index contributed by atoms with van der Waals surface area (Å²) >= 11 is 0. The van der Waals surface area contributed by atoms with E-state index in [1.54, 1.807) is 0 Å². The van der Waals surface area contributed by atoms with E-state index in [1.165, 1.54) is 64.2 Å². The minimum Gasteiger partial charge on any atom is -0.320 e. The number of hydrogen-bond donors (Lipinski definition) is 1. The molecule has 0 saturated heterocycles. The standard InChI is InChI=1S/C7H14.C5H13N.C4H10.C3H8.5C2H6/c1-7-5-3-2-4-6-7;1-3-4-5-6-2;1-3-4-2;1-3-2;5*1-2/h7H,2-6H2,1H3;6H,3-5H2,1-2H3;3-4H2,1-2H3;3H2,1-2H3;5*1-2H3. The Hall–Kier alpha value is -0.0400. The fraction of sp³-hybridized carbons (Fsp3) is 1.00. The summed E-state index contributed by atoms with van der Waals surface area (Å²) in [6.07, 6.45) is 13.9. The lowest BCUT2D eigenvalue weighted by molar-refractivity contribution is 0.385. The van der Waals surface area contributed by atoms with Gasteiger partial charge in [-0.3, -0.25) is 0 Å². The second-order valence-corrected chi connectivity index (χ2v) is 5.91. The molecule has 1 saturated carbocycles. The van der Waals surface area contributed by atoms with Gasteiger partial charge in [0.25, 0.3) is 0 Å². The molecule has 0 aromatic rings. The van der Waals surface area contributed by atoms with E-state index in [2.05, 4.69) is 46.9 Å². The molecule has 0 bridgehead atoms. The predicted molar refractivity (Wildman–Crippen MR) is 154 cm³/mol. The Labute approximate surface area is 200 Å². The zero-order valence-electron chi connectivity index (χ0n) is 25.9. The van der Waals surface area contributed by atoms with Crippen LogP contribution in [0.2, 0.25) is 0 Å². The molecule has 1 aliphatic carbocycles. The molecule has 30 heavy (non-hydrogen) atoms. The average Bonchev–Trinajstić information content (AvgIpc) is 2.85. The predicted octanol–water partition coefficient (Wildman–Crippen LogP) is 11.9. The van der Waals surface area contributed by atoms with Crippen LogP contribution in [0.4, 0.5) is 0 Å². The van der Waals surface area contributed by atoms with Crippen LogP contribution >= 0.6 is 0 Å². The molecule has 0 spiro atoms. The van der Waals surface area contributed by atoms with Gasteiger partial charge in [0, 0.05) is 0 Å². The van der Waals surface area contributed by atoms with Gasteiger partial charge in [-0.2, -0.15) is 0 Å². The topological polar surface area (TPSA) is 12.0 Å². The minimum absolute atomic E-state index is 1.04. The fourth-order valence-corrected chi connectivity index (χ4v) is 1.66. The molecule has 1 fully saturated rings. The Morgan fingerprint density at radius 1 is 0.567 bits per heavy atom. The second-order valence-electron chi connectivity index (χ2n) is 5.91. The van der Waals surface area contributed by atoms with Crippen molar-refractivity contribution in [1.29, 1.82) is 0 Å². The third-order valence-corrected chi connectivity index (χ3v) is 3.17. The van der Waals surface area contributed by atoms with Crippen LogP contribution in [0.1, 0.15) is 175 Å². The zero-order valence-corrected chi connectivity index (χ0v) is 25.9. The number of unbranched alkanes of at least 4 members (excludes halogenated alkanes) is 2. The second kappa shape index (κ2) is 101. The summed E-state index contributed by atoms with van der Waals surface area (Å²) in [5.41, 5.74) is 0. The largest absolute Gasteiger partial charge is 0.320 e. The van der Waals surface area contributed by atoms with Gasteiger partial charge in [0.1, 0.15) is 0 Å². The van der Waals surface area contributed by atoms with E-state index in [4.69, 9.17) is 0 Å². The Bertz CT molecular complexity index is 112. The van der Waals surface area contributed by atoms with Crippen LogP contribution in [0.3, 0.4) is 0 Å². The van der Waals surface area contributed by atoms with Gasteiger partial charge in [0.05, 0.1) is 0 Å².